The topological polar surface area (TPSA) is 26.3 Å². The van der Waals surface area contributed by atoms with Crippen molar-refractivity contribution in [1.29, 1.82) is 0 Å². The van der Waals surface area contributed by atoms with Crippen molar-refractivity contribution in [3.05, 3.63) is 0 Å². The first kappa shape index (κ1) is 14.9. The maximum Gasteiger partial charge on any atom is 0.305 e. The number of cyclic esters (lactones) is 1. The average Bonchev–Trinajstić information content (AvgIpc) is 2.32. The standard InChI is InChI=1S/C14H26O2S/c15-14-10-6-3-1-2-4-8-12-17-13-9-5-7-11-16-14/h1-13H2. The van der Waals surface area contributed by atoms with Gasteiger partial charge < -0.3 is 4.74 Å². The highest BCUT2D eigenvalue weighted by Gasteiger charge is 2.03. The van der Waals surface area contributed by atoms with Gasteiger partial charge in [-0.05, 0) is 43.6 Å². The fraction of sp³-hybridized carbons (Fsp3) is 0.929. The Labute approximate surface area is 110 Å². The number of esters is 1. The third-order valence-corrected chi connectivity index (χ3v) is 4.27. The van der Waals surface area contributed by atoms with Crippen LogP contribution >= 0.6 is 11.8 Å². The first-order valence-electron chi connectivity index (χ1n) is 7.13. The normalized spacial score (nSPS) is 22.9. The highest BCUT2D eigenvalue weighted by molar-refractivity contribution is 7.99. The van der Waals surface area contributed by atoms with Gasteiger partial charge in [-0.2, -0.15) is 11.8 Å². The molecule has 0 N–H and O–H groups in total. The van der Waals surface area contributed by atoms with Crippen molar-refractivity contribution < 1.29 is 9.53 Å². The molecule has 3 heteroatoms. The van der Waals surface area contributed by atoms with E-state index in [1.54, 1.807) is 0 Å². The molecule has 1 aliphatic heterocycles. The average molecular weight is 258 g/mol. The molecule has 1 rings (SSSR count). The summed E-state index contributed by atoms with van der Waals surface area (Å²) in [6.45, 7) is 0.628. The summed E-state index contributed by atoms with van der Waals surface area (Å²) in [5.74, 6) is 2.61. The third-order valence-electron chi connectivity index (χ3n) is 3.12. The Morgan fingerprint density at radius 2 is 1.35 bits per heavy atom. The second-order valence-corrected chi connectivity index (χ2v) is 5.99. The Morgan fingerprint density at radius 3 is 2.12 bits per heavy atom. The minimum absolute atomic E-state index is 0.00599. The lowest BCUT2D eigenvalue weighted by molar-refractivity contribution is -0.143. The van der Waals surface area contributed by atoms with Gasteiger partial charge >= 0.3 is 5.97 Å². The minimum atomic E-state index is 0.00599. The molecule has 0 amide bonds. The molecule has 1 saturated heterocycles. The van der Waals surface area contributed by atoms with E-state index in [1.165, 1.54) is 56.5 Å². The van der Waals surface area contributed by atoms with E-state index < -0.39 is 0 Å². The van der Waals surface area contributed by atoms with Gasteiger partial charge in [-0.1, -0.05) is 25.7 Å². The molecule has 0 bridgehead atoms. The zero-order valence-corrected chi connectivity index (χ0v) is 11.7. The molecular formula is C14H26O2S. The fourth-order valence-electron chi connectivity index (χ4n) is 2.02. The van der Waals surface area contributed by atoms with Crippen molar-refractivity contribution in [2.24, 2.45) is 0 Å². The molecule has 0 unspecified atom stereocenters. The van der Waals surface area contributed by atoms with E-state index in [0.29, 0.717) is 13.0 Å². The molecule has 1 fully saturated rings. The van der Waals surface area contributed by atoms with Crippen LogP contribution in [0.15, 0.2) is 0 Å². The lowest BCUT2D eigenvalue weighted by Crippen LogP contribution is -2.05. The quantitative estimate of drug-likeness (QED) is 0.610. The summed E-state index contributed by atoms with van der Waals surface area (Å²) in [5.41, 5.74) is 0. The number of ether oxygens (including phenoxy) is 1. The maximum absolute atomic E-state index is 11.3. The van der Waals surface area contributed by atoms with Gasteiger partial charge in [0.25, 0.3) is 0 Å². The molecule has 0 aromatic rings. The number of rotatable bonds is 0. The van der Waals surface area contributed by atoms with E-state index in [2.05, 4.69) is 11.8 Å². The van der Waals surface area contributed by atoms with E-state index in [4.69, 9.17) is 4.74 Å². The van der Waals surface area contributed by atoms with Crippen LogP contribution in [0.25, 0.3) is 0 Å². The molecule has 0 radical (unpaired) electrons. The predicted molar refractivity (Wildman–Crippen MR) is 74.5 cm³/mol. The van der Waals surface area contributed by atoms with Crippen LogP contribution in [0.5, 0.6) is 0 Å². The molecule has 0 spiro atoms. The van der Waals surface area contributed by atoms with Gasteiger partial charge in [-0.3, -0.25) is 4.79 Å². The van der Waals surface area contributed by atoms with E-state index in [1.807, 2.05) is 0 Å². The summed E-state index contributed by atoms with van der Waals surface area (Å²) >= 11 is 2.08. The largest absolute Gasteiger partial charge is 0.466 e. The lowest BCUT2D eigenvalue weighted by atomic mass is 10.1. The summed E-state index contributed by atoms with van der Waals surface area (Å²) in [6, 6.07) is 0. The monoisotopic (exact) mass is 258 g/mol. The van der Waals surface area contributed by atoms with Crippen LogP contribution in [0.4, 0.5) is 0 Å². The van der Waals surface area contributed by atoms with Gasteiger partial charge in [0.15, 0.2) is 0 Å². The molecule has 0 atom stereocenters. The summed E-state index contributed by atoms with van der Waals surface area (Å²) in [7, 11) is 0. The summed E-state index contributed by atoms with van der Waals surface area (Å²) in [5, 5.41) is 0. The second-order valence-electron chi connectivity index (χ2n) is 4.76. The van der Waals surface area contributed by atoms with E-state index in [9.17, 15) is 4.79 Å². The van der Waals surface area contributed by atoms with E-state index in [0.717, 1.165) is 12.8 Å². The molecule has 100 valence electrons. The Bertz CT molecular complexity index is 177. The zero-order chi connectivity index (χ0) is 12.2. The van der Waals surface area contributed by atoms with Gasteiger partial charge in [0.2, 0.25) is 0 Å². The number of carbonyl (C=O) groups excluding carboxylic acids is 1. The predicted octanol–water partition coefficient (Wildman–Crippen LogP) is 4.18. The molecule has 0 aromatic carbocycles. The van der Waals surface area contributed by atoms with Gasteiger partial charge in [0.05, 0.1) is 6.61 Å². The molecule has 17 heavy (non-hydrogen) atoms. The summed E-state index contributed by atoms with van der Waals surface area (Å²) in [4.78, 5) is 11.3. The van der Waals surface area contributed by atoms with Crippen LogP contribution in [0.2, 0.25) is 0 Å². The number of carbonyl (C=O) groups is 1. The molecular weight excluding hydrogens is 232 g/mol. The van der Waals surface area contributed by atoms with Crippen LogP contribution in [0.1, 0.15) is 64.2 Å². The molecule has 0 saturated carbocycles. The van der Waals surface area contributed by atoms with Crippen molar-refractivity contribution >= 4 is 17.7 Å². The molecule has 0 aromatic heterocycles. The number of hydrogen-bond acceptors (Lipinski definition) is 3. The van der Waals surface area contributed by atoms with Crippen LogP contribution in [-0.2, 0) is 9.53 Å². The molecule has 1 aliphatic rings. The van der Waals surface area contributed by atoms with Gasteiger partial charge in [0, 0.05) is 6.42 Å². The SMILES string of the molecule is O=C1CCCCCCCCSCCCCCO1. The third kappa shape index (κ3) is 9.51. The van der Waals surface area contributed by atoms with E-state index in [-0.39, 0.29) is 5.97 Å². The first-order chi connectivity index (χ1) is 8.39. The zero-order valence-electron chi connectivity index (χ0n) is 10.9. The second kappa shape index (κ2) is 10.9. The van der Waals surface area contributed by atoms with Crippen LogP contribution in [0.3, 0.4) is 0 Å². The highest BCUT2D eigenvalue weighted by Crippen LogP contribution is 2.13. The van der Waals surface area contributed by atoms with Gasteiger partial charge in [-0.15, -0.1) is 0 Å². The number of thioether (sulfide) groups is 1. The van der Waals surface area contributed by atoms with E-state index >= 15 is 0 Å². The Kier molecular flexibility index (Phi) is 9.58. The van der Waals surface area contributed by atoms with Crippen molar-refractivity contribution in [2.75, 3.05) is 18.1 Å². The van der Waals surface area contributed by atoms with Crippen molar-refractivity contribution in [2.45, 2.75) is 64.2 Å². The number of hydrogen-bond donors (Lipinski definition) is 0. The van der Waals surface area contributed by atoms with Crippen molar-refractivity contribution in [3.63, 3.8) is 0 Å². The van der Waals surface area contributed by atoms with Crippen molar-refractivity contribution in [1.82, 2.24) is 0 Å². The Hall–Kier alpha value is -0.180. The Balaban J connectivity index is 2.11. The fourth-order valence-corrected chi connectivity index (χ4v) is 3.04. The van der Waals surface area contributed by atoms with Gasteiger partial charge in [-0.25, -0.2) is 0 Å². The van der Waals surface area contributed by atoms with Crippen molar-refractivity contribution in [3.8, 4) is 0 Å². The summed E-state index contributed by atoms with van der Waals surface area (Å²) in [6.07, 6.45) is 11.6. The minimum Gasteiger partial charge on any atom is -0.466 e. The van der Waals surface area contributed by atoms with Crippen LogP contribution < -0.4 is 0 Å². The van der Waals surface area contributed by atoms with Crippen LogP contribution in [-0.4, -0.2) is 24.1 Å². The molecule has 2 nitrogen and oxygen atoms in total. The van der Waals surface area contributed by atoms with Crippen LogP contribution in [0, 0.1) is 0 Å². The molecule has 0 aliphatic carbocycles. The smallest absolute Gasteiger partial charge is 0.305 e. The van der Waals surface area contributed by atoms with Gasteiger partial charge in [0.1, 0.15) is 0 Å². The first-order valence-corrected chi connectivity index (χ1v) is 8.28. The summed E-state index contributed by atoms with van der Waals surface area (Å²) < 4.78 is 5.20. The lowest BCUT2D eigenvalue weighted by Gasteiger charge is -2.06. The Morgan fingerprint density at radius 1 is 0.765 bits per heavy atom. The highest BCUT2D eigenvalue weighted by atomic mass is 32.2. The maximum atomic E-state index is 11.3. The molecule has 1 heterocycles.